The third-order valence-electron chi connectivity index (χ3n) is 2.77. The number of aliphatic carboxylic acids is 1. The van der Waals surface area contributed by atoms with Gasteiger partial charge in [0.2, 0.25) is 0 Å². The third kappa shape index (κ3) is 6.47. The molecule has 0 aliphatic carbocycles. The summed E-state index contributed by atoms with van der Waals surface area (Å²) >= 11 is 0. The molecule has 6 nitrogen and oxygen atoms in total. The average molecular weight is 308 g/mol. The van der Waals surface area contributed by atoms with Gasteiger partial charge < -0.3 is 24.7 Å². The first-order chi connectivity index (χ1) is 10.2. The molecule has 1 atom stereocenters. The summed E-state index contributed by atoms with van der Waals surface area (Å²) in [6.45, 7) is 7.53. The lowest BCUT2D eigenvalue weighted by Gasteiger charge is -2.19. The highest BCUT2D eigenvalue weighted by Gasteiger charge is 2.15. The van der Waals surface area contributed by atoms with Gasteiger partial charge in [-0.25, -0.2) is 4.79 Å². The van der Waals surface area contributed by atoms with Gasteiger partial charge in [-0.1, -0.05) is 19.1 Å². The summed E-state index contributed by atoms with van der Waals surface area (Å²) in [4.78, 5) is 22.2. The Morgan fingerprint density at radius 1 is 1.23 bits per heavy atom. The van der Waals surface area contributed by atoms with Crippen LogP contribution in [0.5, 0.6) is 5.75 Å². The van der Waals surface area contributed by atoms with Gasteiger partial charge in [-0.15, -0.1) is 0 Å². The molecule has 0 aliphatic heterocycles. The second-order valence-corrected chi connectivity index (χ2v) is 5.89. The summed E-state index contributed by atoms with van der Waals surface area (Å²) in [6, 6.07) is 6.72. The van der Waals surface area contributed by atoms with Gasteiger partial charge in [-0.3, -0.25) is 0 Å². The molecule has 0 saturated carbocycles. The molecular weight excluding hydrogens is 286 g/mol. The molecule has 1 unspecified atom stereocenters. The molecule has 0 radical (unpaired) electrons. The summed E-state index contributed by atoms with van der Waals surface area (Å²) in [7, 11) is 0. The van der Waals surface area contributed by atoms with Crippen LogP contribution in [0.3, 0.4) is 0 Å². The van der Waals surface area contributed by atoms with Gasteiger partial charge in [-0.2, -0.15) is 0 Å². The highest BCUT2D eigenvalue weighted by molar-refractivity contribution is 5.73. The van der Waals surface area contributed by atoms with Crippen LogP contribution in [0.4, 0.5) is 4.79 Å². The van der Waals surface area contributed by atoms with E-state index >= 15 is 0 Å². The van der Waals surface area contributed by atoms with Crippen LogP contribution in [0, 0.1) is 0 Å². The lowest BCUT2D eigenvalue weighted by molar-refractivity contribution is -0.307. The van der Waals surface area contributed by atoms with Gasteiger partial charge in [0.25, 0.3) is 0 Å². The van der Waals surface area contributed by atoms with Crippen LogP contribution in [0.25, 0.3) is 0 Å². The summed E-state index contributed by atoms with van der Waals surface area (Å²) < 4.78 is 10.5. The Balaban J connectivity index is 2.34. The fraction of sp³-hybridized carbons (Fsp3) is 0.500. The van der Waals surface area contributed by atoms with E-state index in [2.05, 4.69) is 5.32 Å². The molecule has 0 aliphatic rings. The van der Waals surface area contributed by atoms with Gasteiger partial charge in [0.1, 0.15) is 18.0 Å². The predicted octanol–water partition coefficient (Wildman–Crippen LogP) is 1.44. The lowest BCUT2D eigenvalue weighted by atomic mass is 10.0. The normalized spacial score (nSPS) is 12.4. The van der Waals surface area contributed by atoms with Gasteiger partial charge in [0, 0.05) is 11.9 Å². The molecule has 0 bridgehead atoms. The maximum absolute atomic E-state index is 11.4. The van der Waals surface area contributed by atoms with Crippen LogP contribution in [0.2, 0.25) is 0 Å². The summed E-state index contributed by atoms with van der Waals surface area (Å²) in [5, 5.41) is 13.3. The lowest BCUT2D eigenvalue weighted by Crippen LogP contribution is -2.34. The van der Waals surface area contributed by atoms with E-state index in [0.717, 1.165) is 0 Å². The first-order valence-electron chi connectivity index (χ1n) is 7.09. The summed E-state index contributed by atoms with van der Waals surface area (Å²) in [5.41, 5.74) is 0.121. The molecule has 0 fully saturated rings. The molecule has 122 valence electrons. The van der Waals surface area contributed by atoms with Gasteiger partial charge >= 0.3 is 6.09 Å². The Kier molecular flexibility index (Phi) is 6.22. The van der Waals surface area contributed by atoms with E-state index in [9.17, 15) is 14.7 Å². The highest BCUT2D eigenvalue weighted by atomic mass is 16.6. The number of carboxylic acids is 1. The monoisotopic (exact) mass is 308 g/mol. The Morgan fingerprint density at radius 2 is 1.82 bits per heavy atom. The van der Waals surface area contributed by atoms with E-state index in [1.54, 1.807) is 52.0 Å². The SMILES string of the molecule is CC(C(=O)[O-])c1ccc(OCCNC(=O)OC(C)(C)C)cc1. The molecule has 0 aromatic heterocycles. The van der Waals surface area contributed by atoms with Crippen LogP contribution in [0.15, 0.2) is 24.3 Å². The van der Waals surface area contributed by atoms with E-state index in [1.807, 2.05) is 0 Å². The minimum atomic E-state index is -1.12. The summed E-state index contributed by atoms with van der Waals surface area (Å²) in [5.74, 6) is -1.18. The molecule has 0 heterocycles. The van der Waals surface area contributed by atoms with Crippen molar-refractivity contribution in [3.05, 3.63) is 29.8 Å². The van der Waals surface area contributed by atoms with Crippen molar-refractivity contribution in [3.8, 4) is 5.75 Å². The van der Waals surface area contributed by atoms with Crippen molar-refractivity contribution in [1.82, 2.24) is 5.32 Å². The minimum absolute atomic E-state index is 0.286. The maximum Gasteiger partial charge on any atom is 0.407 e. The number of hydrogen-bond donors (Lipinski definition) is 1. The maximum atomic E-state index is 11.4. The first kappa shape index (κ1) is 17.8. The van der Waals surface area contributed by atoms with Crippen LogP contribution < -0.4 is 15.2 Å². The highest BCUT2D eigenvalue weighted by Crippen LogP contribution is 2.18. The minimum Gasteiger partial charge on any atom is -0.550 e. The van der Waals surface area contributed by atoms with Crippen molar-refractivity contribution in [3.63, 3.8) is 0 Å². The second kappa shape index (κ2) is 7.68. The van der Waals surface area contributed by atoms with Crippen LogP contribution in [-0.2, 0) is 9.53 Å². The molecule has 22 heavy (non-hydrogen) atoms. The van der Waals surface area contributed by atoms with Crippen molar-refractivity contribution >= 4 is 12.1 Å². The number of amides is 1. The zero-order valence-corrected chi connectivity index (χ0v) is 13.3. The molecule has 0 spiro atoms. The molecule has 0 saturated heterocycles. The standard InChI is InChI=1S/C16H23NO5/c1-11(14(18)19)12-5-7-13(8-6-12)21-10-9-17-15(20)22-16(2,3)4/h5-8,11H,9-10H2,1-4H3,(H,17,20)(H,18,19)/p-1. The van der Waals surface area contributed by atoms with Crippen molar-refractivity contribution in [2.24, 2.45) is 0 Å². The molecule has 1 N–H and O–H groups in total. The zero-order valence-electron chi connectivity index (χ0n) is 13.3. The number of carbonyl (C=O) groups excluding carboxylic acids is 2. The number of benzene rings is 1. The van der Waals surface area contributed by atoms with E-state index in [-0.39, 0.29) is 6.61 Å². The largest absolute Gasteiger partial charge is 0.550 e. The van der Waals surface area contributed by atoms with Crippen molar-refractivity contribution in [2.75, 3.05) is 13.2 Å². The average Bonchev–Trinajstić information content (AvgIpc) is 2.41. The number of rotatable bonds is 6. The Bertz CT molecular complexity index is 504. The number of hydrogen-bond acceptors (Lipinski definition) is 5. The molecule has 6 heteroatoms. The van der Waals surface area contributed by atoms with E-state index in [4.69, 9.17) is 9.47 Å². The van der Waals surface area contributed by atoms with E-state index in [1.165, 1.54) is 0 Å². The van der Waals surface area contributed by atoms with Crippen molar-refractivity contribution < 1.29 is 24.2 Å². The van der Waals surface area contributed by atoms with E-state index < -0.39 is 23.6 Å². The topological polar surface area (TPSA) is 87.7 Å². The predicted molar refractivity (Wildman–Crippen MR) is 79.6 cm³/mol. The van der Waals surface area contributed by atoms with E-state index in [0.29, 0.717) is 17.9 Å². The Labute approximate surface area is 130 Å². The quantitative estimate of drug-likeness (QED) is 0.804. The van der Waals surface area contributed by atoms with Gasteiger partial charge in [0.15, 0.2) is 0 Å². The van der Waals surface area contributed by atoms with Crippen molar-refractivity contribution in [1.29, 1.82) is 0 Å². The van der Waals surface area contributed by atoms with Gasteiger partial charge in [0.05, 0.1) is 6.54 Å². The fourth-order valence-corrected chi connectivity index (χ4v) is 1.62. The molecule has 1 aromatic rings. The molecule has 1 amide bonds. The van der Waals surface area contributed by atoms with Crippen molar-refractivity contribution in [2.45, 2.75) is 39.2 Å². The number of alkyl carbamates (subject to hydrolysis) is 1. The third-order valence-corrected chi connectivity index (χ3v) is 2.77. The molecule has 1 rings (SSSR count). The Hall–Kier alpha value is -2.24. The molecule has 1 aromatic carbocycles. The number of carbonyl (C=O) groups is 2. The number of ether oxygens (including phenoxy) is 2. The van der Waals surface area contributed by atoms with Gasteiger partial charge in [-0.05, 0) is 38.5 Å². The fourth-order valence-electron chi connectivity index (χ4n) is 1.62. The smallest absolute Gasteiger partial charge is 0.407 e. The van der Waals surface area contributed by atoms with Crippen LogP contribution >= 0.6 is 0 Å². The summed E-state index contributed by atoms with van der Waals surface area (Å²) in [6.07, 6.45) is -0.491. The molecular formula is C16H22NO5-. The zero-order chi connectivity index (χ0) is 16.8. The number of carboxylic acid groups (broad SMARTS) is 1. The second-order valence-electron chi connectivity index (χ2n) is 5.89. The first-order valence-corrected chi connectivity index (χ1v) is 7.09. The number of nitrogens with one attached hydrogen (secondary N) is 1. The van der Waals surface area contributed by atoms with Crippen LogP contribution in [-0.4, -0.2) is 30.8 Å². The van der Waals surface area contributed by atoms with Crippen LogP contribution in [0.1, 0.15) is 39.2 Å². The Morgan fingerprint density at radius 3 is 2.32 bits per heavy atom.